The number of hydrogen-bond donors (Lipinski definition) is 0. The van der Waals surface area contributed by atoms with Crippen molar-refractivity contribution in [1.29, 1.82) is 0 Å². The molecule has 0 aromatic carbocycles. The van der Waals surface area contributed by atoms with Gasteiger partial charge in [0.1, 0.15) is 0 Å². The third kappa shape index (κ3) is 3.73. The molecule has 2 fully saturated rings. The summed E-state index contributed by atoms with van der Waals surface area (Å²) in [5.41, 5.74) is 0.562. The monoisotopic (exact) mass is 338 g/mol. The molecule has 0 bridgehead atoms. The number of rotatable bonds is 8. The van der Waals surface area contributed by atoms with Gasteiger partial charge in [-0.1, -0.05) is 60.8 Å². The normalized spacial score (nSPS) is 36.0. The lowest BCUT2D eigenvalue weighted by molar-refractivity contribution is -0.0202. The first-order valence-electron chi connectivity index (χ1n) is 10.6. The highest BCUT2D eigenvalue weighted by atomic mass is 28.4. The van der Waals surface area contributed by atoms with E-state index in [1.54, 1.807) is 0 Å². The second-order valence-corrected chi connectivity index (χ2v) is 13.6. The summed E-state index contributed by atoms with van der Waals surface area (Å²) in [6.07, 6.45) is 10.4. The Balaban J connectivity index is 2.14. The zero-order valence-electron chi connectivity index (χ0n) is 16.8. The van der Waals surface area contributed by atoms with E-state index in [1.807, 2.05) is 0 Å². The average Bonchev–Trinajstić information content (AvgIpc) is 2.91. The Bertz CT molecular complexity index is 357. The van der Waals surface area contributed by atoms with Crippen LogP contribution in [0.15, 0.2) is 0 Å². The van der Waals surface area contributed by atoms with E-state index in [4.69, 9.17) is 4.43 Å². The van der Waals surface area contributed by atoms with Crippen LogP contribution in [-0.4, -0.2) is 14.4 Å². The van der Waals surface area contributed by atoms with Crippen LogP contribution < -0.4 is 0 Å². The van der Waals surface area contributed by atoms with Crippen molar-refractivity contribution in [2.24, 2.45) is 23.2 Å². The summed E-state index contributed by atoms with van der Waals surface area (Å²) in [5.74, 6) is 2.69. The second kappa shape index (κ2) is 8.04. The van der Waals surface area contributed by atoms with Crippen LogP contribution in [0.2, 0.25) is 18.1 Å². The molecular weight excluding hydrogens is 296 g/mol. The van der Waals surface area contributed by atoms with Gasteiger partial charge in [-0.15, -0.1) is 0 Å². The third-order valence-corrected chi connectivity index (χ3v) is 12.6. The van der Waals surface area contributed by atoms with Crippen LogP contribution in [-0.2, 0) is 4.43 Å². The average molecular weight is 339 g/mol. The highest BCUT2D eigenvalue weighted by Gasteiger charge is 2.53. The summed E-state index contributed by atoms with van der Waals surface area (Å²) in [6, 6.07) is 3.90. The van der Waals surface area contributed by atoms with Gasteiger partial charge in [-0.3, -0.25) is 0 Å². The van der Waals surface area contributed by atoms with Gasteiger partial charge in [0.25, 0.3) is 0 Å². The van der Waals surface area contributed by atoms with E-state index in [1.165, 1.54) is 63.1 Å². The largest absolute Gasteiger partial charge is 0.414 e. The lowest BCUT2D eigenvalue weighted by Gasteiger charge is -2.49. The van der Waals surface area contributed by atoms with Gasteiger partial charge in [0.2, 0.25) is 0 Å². The van der Waals surface area contributed by atoms with E-state index >= 15 is 0 Å². The summed E-state index contributed by atoms with van der Waals surface area (Å²) in [6.45, 7) is 14.6. The Morgan fingerprint density at radius 3 is 2.26 bits per heavy atom. The van der Waals surface area contributed by atoms with Crippen LogP contribution in [0.5, 0.6) is 0 Å². The first-order chi connectivity index (χ1) is 11.0. The van der Waals surface area contributed by atoms with Crippen LogP contribution >= 0.6 is 0 Å². The molecule has 0 spiro atoms. The van der Waals surface area contributed by atoms with E-state index in [2.05, 4.69) is 41.5 Å². The van der Waals surface area contributed by atoms with Crippen molar-refractivity contribution in [1.82, 2.24) is 0 Å². The molecule has 2 saturated carbocycles. The Hall–Kier alpha value is 0.177. The molecule has 2 aliphatic rings. The molecule has 2 rings (SSSR count). The summed E-state index contributed by atoms with van der Waals surface area (Å²) in [5, 5.41) is 0. The predicted octanol–water partition coefficient (Wildman–Crippen LogP) is 7.03. The van der Waals surface area contributed by atoms with Crippen molar-refractivity contribution >= 4 is 8.32 Å². The SMILES string of the molecule is CCC[C@@H](C)[C@H]1CCC2[C@@H](O[Si](CC)(CC)CC)CCC[C@@]21C. The molecule has 1 unspecified atom stereocenters. The first kappa shape index (κ1) is 19.5. The molecule has 0 aromatic heterocycles. The minimum atomic E-state index is -1.46. The van der Waals surface area contributed by atoms with E-state index in [-0.39, 0.29) is 0 Å². The first-order valence-corrected chi connectivity index (χ1v) is 13.2. The van der Waals surface area contributed by atoms with Gasteiger partial charge < -0.3 is 4.43 Å². The van der Waals surface area contributed by atoms with Crippen molar-refractivity contribution in [2.45, 2.75) is 111 Å². The standard InChI is InChI=1S/C21H42OSi/c1-7-12-17(5)18-14-15-19-20(13-11-16-21(18,19)6)22-23(8-2,9-3)10-4/h17-20H,7-16H2,1-6H3/t17-,18-,19?,20+,21-/m1/s1. The molecule has 23 heavy (non-hydrogen) atoms. The molecule has 0 N–H and O–H groups in total. The fraction of sp³-hybridized carbons (Fsp3) is 1.00. The van der Waals surface area contributed by atoms with Crippen molar-refractivity contribution in [2.75, 3.05) is 0 Å². The van der Waals surface area contributed by atoms with E-state index in [0.29, 0.717) is 11.5 Å². The van der Waals surface area contributed by atoms with E-state index < -0.39 is 8.32 Å². The van der Waals surface area contributed by atoms with Crippen LogP contribution in [0.1, 0.15) is 86.5 Å². The molecule has 1 nitrogen and oxygen atoms in total. The summed E-state index contributed by atoms with van der Waals surface area (Å²) in [4.78, 5) is 0. The molecule has 5 atom stereocenters. The van der Waals surface area contributed by atoms with Crippen molar-refractivity contribution < 1.29 is 4.43 Å². The summed E-state index contributed by atoms with van der Waals surface area (Å²) >= 11 is 0. The van der Waals surface area contributed by atoms with E-state index in [9.17, 15) is 0 Å². The maximum absolute atomic E-state index is 7.03. The second-order valence-electron chi connectivity index (χ2n) is 8.85. The van der Waals surface area contributed by atoms with Crippen molar-refractivity contribution in [3.05, 3.63) is 0 Å². The van der Waals surface area contributed by atoms with Crippen molar-refractivity contribution in [3.8, 4) is 0 Å². The Labute approximate surface area is 147 Å². The minimum absolute atomic E-state index is 0.562. The molecule has 0 heterocycles. The summed E-state index contributed by atoms with van der Waals surface area (Å²) < 4.78 is 7.03. The highest BCUT2D eigenvalue weighted by Crippen LogP contribution is 2.59. The van der Waals surface area contributed by atoms with Crippen LogP contribution in [0, 0.1) is 23.2 Å². The molecular formula is C21H42OSi. The smallest absolute Gasteiger partial charge is 0.192 e. The Morgan fingerprint density at radius 1 is 1.04 bits per heavy atom. The van der Waals surface area contributed by atoms with Gasteiger partial charge >= 0.3 is 0 Å². The molecule has 0 aliphatic heterocycles. The number of fused-ring (bicyclic) bond motifs is 1. The molecule has 0 aromatic rings. The molecule has 2 heteroatoms. The lowest BCUT2D eigenvalue weighted by Crippen LogP contribution is -2.48. The maximum atomic E-state index is 7.03. The third-order valence-electron chi connectivity index (χ3n) is 7.90. The molecule has 0 amide bonds. The van der Waals surface area contributed by atoms with E-state index in [0.717, 1.165) is 17.8 Å². The van der Waals surface area contributed by atoms with Gasteiger partial charge in [-0.25, -0.2) is 0 Å². The van der Waals surface area contributed by atoms with Crippen LogP contribution in [0.3, 0.4) is 0 Å². The van der Waals surface area contributed by atoms with Crippen LogP contribution in [0.25, 0.3) is 0 Å². The molecule has 2 aliphatic carbocycles. The number of hydrogen-bond acceptors (Lipinski definition) is 1. The Kier molecular flexibility index (Phi) is 6.81. The van der Waals surface area contributed by atoms with Gasteiger partial charge in [-0.2, -0.15) is 0 Å². The lowest BCUT2D eigenvalue weighted by atomic mass is 9.61. The topological polar surface area (TPSA) is 9.23 Å². The van der Waals surface area contributed by atoms with Crippen molar-refractivity contribution in [3.63, 3.8) is 0 Å². The Morgan fingerprint density at radius 2 is 1.70 bits per heavy atom. The minimum Gasteiger partial charge on any atom is -0.414 e. The van der Waals surface area contributed by atoms with Gasteiger partial charge in [0, 0.05) is 6.10 Å². The fourth-order valence-electron chi connectivity index (χ4n) is 6.21. The maximum Gasteiger partial charge on any atom is 0.192 e. The summed E-state index contributed by atoms with van der Waals surface area (Å²) in [7, 11) is -1.46. The van der Waals surface area contributed by atoms with Gasteiger partial charge in [-0.05, 0) is 67.0 Å². The molecule has 0 saturated heterocycles. The van der Waals surface area contributed by atoms with Gasteiger partial charge in [0.15, 0.2) is 8.32 Å². The van der Waals surface area contributed by atoms with Crippen LogP contribution in [0.4, 0.5) is 0 Å². The highest BCUT2D eigenvalue weighted by molar-refractivity contribution is 6.73. The fourth-order valence-corrected chi connectivity index (χ4v) is 9.14. The predicted molar refractivity (Wildman–Crippen MR) is 104 cm³/mol. The zero-order chi connectivity index (χ0) is 17.1. The van der Waals surface area contributed by atoms with Gasteiger partial charge in [0.05, 0.1) is 0 Å². The molecule has 0 radical (unpaired) electrons. The quantitative estimate of drug-likeness (QED) is 0.432. The zero-order valence-corrected chi connectivity index (χ0v) is 17.8. The molecule has 136 valence electrons.